The Kier molecular flexibility index (Phi) is 3.77. The first-order valence-electron chi connectivity index (χ1n) is 4.86. The molecular formula is C11H13F3N2O. The second kappa shape index (κ2) is 4.75. The summed E-state index contributed by atoms with van der Waals surface area (Å²) in [5.41, 5.74) is 4.42. The standard InChI is InChI=1S/C11H13F3N2O/c1-16(2)6-7-3-8(10(15)17)5-9(4-7)11(12,13)14/h3-5H,6H2,1-2H3,(H2,15,17). The van der Waals surface area contributed by atoms with Crippen molar-refractivity contribution in [2.75, 3.05) is 14.1 Å². The van der Waals surface area contributed by atoms with Gasteiger partial charge in [-0.1, -0.05) is 0 Å². The number of carbonyl (C=O) groups excluding carboxylic acids is 1. The van der Waals surface area contributed by atoms with Crippen molar-refractivity contribution in [3.8, 4) is 0 Å². The van der Waals surface area contributed by atoms with E-state index in [0.717, 1.165) is 12.1 Å². The summed E-state index contributed by atoms with van der Waals surface area (Å²) < 4.78 is 37.7. The zero-order valence-electron chi connectivity index (χ0n) is 9.51. The highest BCUT2D eigenvalue weighted by Crippen LogP contribution is 2.30. The summed E-state index contributed by atoms with van der Waals surface area (Å²) in [6.45, 7) is 0.310. The highest BCUT2D eigenvalue weighted by molar-refractivity contribution is 5.93. The highest BCUT2D eigenvalue weighted by Gasteiger charge is 2.31. The summed E-state index contributed by atoms with van der Waals surface area (Å²) in [5, 5.41) is 0. The molecule has 1 aromatic carbocycles. The molecule has 0 aliphatic heterocycles. The molecule has 2 N–H and O–H groups in total. The Morgan fingerprint density at radius 1 is 1.29 bits per heavy atom. The molecule has 0 fully saturated rings. The largest absolute Gasteiger partial charge is 0.416 e. The second-order valence-electron chi connectivity index (χ2n) is 4.02. The molecule has 1 aromatic rings. The number of primary amides is 1. The summed E-state index contributed by atoms with van der Waals surface area (Å²) in [4.78, 5) is 12.7. The molecule has 0 saturated carbocycles. The maximum absolute atomic E-state index is 12.6. The van der Waals surface area contributed by atoms with Crippen molar-refractivity contribution in [2.24, 2.45) is 5.73 Å². The van der Waals surface area contributed by atoms with Gasteiger partial charge in [0.2, 0.25) is 5.91 Å². The van der Waals surface area contributed by atoms with Crippen LogP contribution in [0.2, 0.25) is 0 Å². The van der Waals surface area contributed by atoms with E-state index in [4.69, 9.17) is 5.73 Å². The van der Waals surface area contributed by atoms with Crippen molar-refractivity contribution < 1.29 is 18.0 Å². The average Bonchev–Trinajstić information content (AvgIpc) is 2.14. The molecular weight excluding hydrogens is 233 g/mol. The Hall–Kier alpha value is -1.56. The minimum absolute atomic E-state index is 0.128. The van der Waals surface area contributed by atoms with Gasteiger partial charge in [0, 0.05) is 12.1 Å². The number of hydrogen-bond donors (Lipinski definition) is 1. The molecule has 0 radical (unpaired) electrons. The Morgan fingerprint density at radius 2 is 1.88 bits per heavy atom. The molecule has 1 amide bonds. The molecule has 0 spiro atoms. The first-order valence-corrected chi connectivity index (χ1v) is 4.86. The predicted molar refractivity (Wildman–Crippen MR) is 57.4 cm³/mol. The van der Waals surface area contributed by atoms with E-state index in [1.807, 2.05) is 0 Å². The summed E-state index contributed by atoms with van der Waals surface area (Å²) in [7, 11) is 3.45. The third-order valence-electron chi connectivity index (χ3n) is 2.10. The molecule has 17 heavy (non-hydrogen) atoms. The highest BCUT2D eigenvalue weighted by atomic mass is 19.4. The van der Waals surface area contributed by atoms with Crippen molar-refractivity contribution >= 4 is 5.91 Å². The van der Waals surface area contributed by atoms with E-state index >= 15 is 0 Å². The van der Waals surface area contributed by atoms with Crippen molar-refractivity contribution in [2.45, 2.75) is 12.7 Å². The summed E-state index contributed by atoms with van der Waals surface area (Å²) in [6, 6.07) is 3.16. The van der Waals surface area contributed by atoms with Gasteiger partial charge < -0.3 is 10.6 Å². The zero-order valence-corrected chi connectivity index (χ0v) is 9.51. The Labute approximate surface area is 97.0 Å². The maximum Gasteiger partial charge on any atom is 0.416 e. The van der Waals surface area contributed by atoms with Gasteiger partial charge in [-0.05, 0) is 37.9 Å². The fraction of sp³-hybridized carbons (Fsp3) is 0.364. The molecule has 3 nitrogen and oxygen atoms in total. The number of alkyl halides is 3. The molecule has 6 heteroatoms. The van der Waals surface area contributed by atoms with Crippen LogP contribution in [-0.4, -0.2) is 24.9 Å². The first kappa shape index (κ1) is 13.5. The van der Waals surface area contributed by atoms with E-state index in [0.29, 0.717) is 12.1 Å². The summed E-state index contributed by atoms with van der Waals surface area (Å²) in [5.74, 6) is -0.865. The molecule has 0 aliphatic rings. The van der Waals surface area contributed by atoms with E-state index < -0.39 is 17.6 Å². The van der Waals surface area contributed by atoms with E-state index in [9.17, 15) is 18.0 Å². The Balaban J connectivity index is 3.24. The van der Waals surface area contributed by atoms with Gasteiger partial charge in [0.05, 0.1) is 5.56 Å². The van der Waals surface area contributed by atoms with Crippen LogP contribution in [0.4, 0.5) is 13.2 Å². The topological polar surface area (TPSA) is 46.3 Å². The van der Waals surface area contributed by atoms with Crippen molar-refractivity contribution in [1.82, 2.24) is 4.90 Å². The van der Waals surface area contributed by atoms with E-state index in [-0.39, 0.29) is 5.56 Å². The van der Waals surface area contributed by atoms with Crippen molar-refractivity contribution in [3.63, 3.8) is 0 Å². The molecule has 0 aliphatic carbocycles. The van der Waals surface area contributed by atoms with E-state index in [1.165, 1.54) is 6.07 Å². The van der Waals surface area contributed by atoms with Gasteiger partial charge in [0.15, 0.2) is 0 Å². The smallest absolute Gasteiger partial charge is 0.366 e. The van der Waals surface area contributed by atoms with Crippen LogP contribution in [0.5, 0.6) is 0 Å². The lowest BCUT2D eigenvalue weighted by atomic mass is 10.0. The Morgan fingerprint density at radius 3 is 2.29 bits per heavy atom. The quantitative estimate of drug-likeness (QED) is 0.884. The average molecular weight is 246 g/mol. The Bertz CT molecular complexity index is 427. The van der Waals surface area contributed by atoms with Crippen LogP contribution in [0, 0.1) is 0 Å². The number of benzene rings is 1. The van der Waals surface area contributed by atoms with Crippen molar-refractivity contribution in [1.29, 1.82) is 0 Å². The minimum atomic E-state index is -4.48. The van der Waals surface area contributed by atoms with Crippen LogP contribution >= 0.6 is 0 Å². The lowest BCUT2D eigenvalue weighted by molar-refractivity contribution is -0.137. The fourth-order valence-electron chi connectivity index (χ4n) is 1.45. The van der Waals surface area contributed by atoms with Crippen LogP contribution in [0.3, 0.4) is 0 Å². The van der Waals surface area contributed by atoms with Gasteiger partial charge in [-0.2, -0.15) is 13.2 Å². The monoisotopic (exact) mass is 246 g/mol. The minimum Gasteiger partial charge on any atom is -0.366 e. The van der Waals surface area contributed by atoms with Crippen LogP contribution in [0.1, 0.15) is 21.5 Å². The lowest BCUT2D eigenvalue weighted by Crippen LogP contribution is -2.17. The number of hydrogen-bond acceptors (Lipinski definition) is 2. The first-order chi connectivity index (χ1) is 7.70. The number of nitrogens with zero attached hydrogens (tertiary/aromatic N) is 1. The van der Waals surface area contributed by atoms with E-state index in [1.54, 1.807) is 19.0 Å². The predicted octanol–water partition coefficient (Wildman–Crippen LogP) is 1.87. The third kappa shape index (κ3) is 3.74. The van der Waals surface area contributed by atoms with Gasteiger partial charge in [-0.3, -0.25) is 4.79 Å². The van der Waals surface area contributed by atoms with Gasteiger partial charge in [-0.25, -0.2) is 0 Å². The molecule has 0 bridgehead atoms. The van der Waals surface area contributed by atoms with Crippen LogP contribution in [0.25, 0.3) is 0 Å². The molecule has 0 saturated heterocycles. The molecule has 0 atom stereocenters. The number of halogens is 3. The van der Waals surface area contributed by atoms with Crippen LogP contribution in [-0.2, 0) is 12.7 Å². The van der Waals surface area contributed by atoms with Crippen LogP contribution < -0.4 is 5.73 Å². The maximum atomic E-state index is 12.6. The zero-order chi connectivity index (χ0) is 13.2. The number of rotatable bonds is 3. The summed E-state index contributed by atoms with van der Waals surface area (Å²) in [6.07, 6.45) is -4.48. The SMILES string of the molecule is CN(C)Cc1cc(C(N)=O)cc(C(F)(F)F)c1. The van der Waals surface area contributed by atoms with Gasteiger partial charge in [-0.15, -0.1) is 0 Å². The molecule has 1 rings (SSSR count). The van der Waals surface area contributed by atoms with Crippen LogP contribution in [0.15, 0.2) is 18.2 Å². The third-order valence-corrected chi connectivity index (χ3v) is 2.10. The number of amides is 1. The van der Waals surface area contributed by atoms with Gasteiger partial charge >= 0.3 is 6.18 Å². The molecule has 94 valence electrons. The molecule has 0 unspecified atom stereocenters. The lowest BCUT2D eigenvalue weighted by Gasteiger charge is -2.14. The van der Waals surface area contributed by atoms with Gasteiger partial charge in [0.25, 0.3) is 0 Å². The van der Waals surface area contributed by atoms with E-state index in [2.05, 4.69) is 0 Å². The normalized spacial score (nSPS) is 11.9. The summed E-state index contributed by atoms with van der Waals surface area (Å²) >= 11 is 0. The number of carbonyl (C=O) groups is 1. The second-order valence-corrected chi connectivity index (χ2v) is 4.02. The molecule has 0 heterocycles. The van der Waals surface area contributed by atoms with Gasteiger partial charge in [0.1, 0.15) is 0 Å². The number of nitrogens with two attached hydrogens (primary N) is 1. The molecule has 0 aromatic heterocycles. The van der Waals surface area contributed by atoms with Crippen molar-refractivity contribution in [3.05, 3.63) is 34.9 Å². The fourth-order valence-corrected chi connectivity index (χ4v) is 1.45.